The van der Waals surface area contributed by atoms with Crippen LogP contribution in [0.4, 0.5) is 8.78 Å². The molecule has 6 aromatic rings. The van der Waals surface area contributed by atoms with Gasteiger partial charge in [0.15, 0.2) is 5.78 Å². The number of halogens is 2. The van der Waals surface area contributed by atoms with Gasteiger partial charge in [0, 0.05) is 11.5 Å². The summed E-state index contributed by atoms with van der Waals surface area (Å²) >= 11 is 0. The van der Waals surface area contributed by atoms with Crippen LogP contribution in [0, 0.1) is 82.6 Å². The highest BCUT2D eigenvalue weighted by molar-refractivity contribution is 5.97. The van der Waals surface area contributed by atoms with Crippen molar-refractivity contribution in [3.05, 3.63) is 212 Å². The summed E-state index contributed by atoms with van der Waals surface area (Å²) in [5.41, 5.74) is 15.0. The van der Waals surface area contributed by atoms with E-state index in [-0.39, 0.29) is 23.3 Å². The second-order valence-corrected chi connectivity index (χ2v) is 33.0. The SMILES string of the molecule is CC(C)CCCc1ccc(CC(C)C)cc1.CC(C)CCc1ccc(C(=O)C(C)C)cc1.CC(C)CCc1ccc(CC(C)C)c(F)c1.CC(C)CCc1ccc(CC(C)C)cc1F.CC(C)CCc1cccc(CC(C)C)c1.CC(C)Cc1ccc(C(C)CC(C)C)cc1. The number of benzene rings is 6. The first kappa shape index (κ1) is 87.9. The normalized spacial score (nSPS) is 11.7. The Balaban J connectivity index is 0.000000570. The van der Waals surface area contributed by atoms with Gasteiger partial charge in [0.2, 0.25) is 0 Å². The number of ketones is 1. The summed E-state index contributed by atoms with van der Waals surface area (Å²) in [4.78, 5) is 11.7. The van der Waals surface area contributed by atoms with Crippen LogP contribution in [0.25, 0.3) is 0 Å². The summed E-state index contributed by atoms with van der Waals surface area (Å²) in [7, 11) is 0. The van der Waals surface area contributed by atoms with Crippen molar-refractivity contribution in [2.45, 2.75) is 288 Å². The molecule has 6 rings (SSSR count). The molecule has 1 unspecified atom stereocenters. The van der Waals surface area contributed by atoms with E-state index >= 15 is 0 Å². The van der Waals surface area contributed by atoms with Crippen molar-refractivity contribution in [3.8, 4) is 0 Å². The summed E-state index contributed by atoms with van der Waals surface area (Å²) < 4.78 is 27.5. The second-order valence-electron chi connectivity index (χ2n) is 33.0. The highest BCUT2D eigenvalue weighted by Crippen LogP contribution is 2.25. The monoisotopic (exact) mass is 1300 g/mol. The van der Waals surface area contributed by atoms with Crippen LogP contribution >= 0.6 is 0 Å². The summed E-state index contributed by atoms with van der Waals surface area (Å²) in [5, 5.41) is 0. The fourth-order valence-electron chi connectivity index (χ4n) is 11.4. The number of hydrogen-bond donors (Lipinski definition) is 0. The van der Waals surface area contributed by atoms with E-state index in [1.807, 2.05) is 38.1 Å². The van der Waals surface area contributed by atoms with Crippen LogP contribution in [0.2, 0.25) is 0 Å². The Morgan fingerprint density at radius 2 is 0.632 bits per heavy atom. The lowest BCUT2D eigenvalue weighted by atomic mass is 9.91. The molecule has 0 bridgehead atoms. The van der Waals surface area contributed by atoms with Crippen molar-refractivity contribution in [1.82, 2.24) is 0 Å². The zero-order chi connectivity index (χ0) is 71.7. The van der Waals surface area contributed by atoms with Crippen molar-refractivity contribution >= 4 is 5.78 Å². The third-order valence-electron chi connectivity index (χ3n) is 16.9. The van der Waals surface area contributed by atoms with Gasteiger partial charge >= 0.3 is 0 Å². The Morgan fingerprint density at radius 3 is 1.06 bits per heavy atom. The first-order chi connectivity index (χ1) is 44.6. The molecule has 0 heterocycles. The number of carbonyl (C=O) groups excluding carboxylic acids is 1. The standard InChI is InChI=1S/2C16H26.2C15H23F.C15H22O.C15H24/c1-12(2)10-14(5)16-8-6-15(7-9-16)11-13(3)4;1-13(2)6-5-7-15-8-10-16(11-9-15)12-14(3)4;1-11(2)5-7-14-8-6-13(9-12(3)4)10-15(14)16;1-11(2)5-6-13-7-8-14(9-12(3)4)15(16)10-13;1-11(2)5-6-13-7-9-14(10-8-13)15(16)12(3)4;1-12(2)8-9-14-6-5-7-15(11-14)10-13(3)4/h6-9,12-14H,10-11H2,1-5H3;8-11,13-14H,5-7,12H2,1-4H3;6,8,10-12H,5,7,9H2,1-4H3;7-8,10-12H,5-6,9H2,1-4H3;7-12H,5-6H2,1-4H3;5-7,11-13H,8-10H2,1-4H3. The highest BCUT2D eigenvalue weighted by atomic mass is 19.1. The number of Topliss-reactive ketones (excluding diaryl/α,β-unsaturated/α-hetero) is 1. The number of aryl methyl sites for hydroxylation is 5. The van der Waals surface area contributed by atoms with Crippen LogP contribution in [-0.4, -0.2) is 5.78 Å². The maximum absolute atomic E-state index is 13.8. The van der Waals surface area contributed by atoms with Crippen LogP contribution in [0.1, 0.15) is 296 Å². The summed E-state index contributed by atoms with van der Waals surface area (Å²) in [6.07, 6.45) is 19.4. The third-order valence-corrected chi connectivity index (χ3v) is 16.9. The molecular formula is C92H144F2O. The number of hydrogen-bond acceptors (Lipinski definition) is 1. The van der Waals surface area contributed by atoms with E-state index in [1.165, 1.54) is 103 Å². The molecule has 0 saturated heterocycles. The zero-order valence-corrected chi connectivity index (χ0v) is 65.9. The molecule has 0 aromatic heterocycles. The molecule has 0 N–H and O–H groups in total. The summed E-state index contributed by atoms with van der Waals surface area (Å²) in [5.74, 6) is 8.77. The van der Waals surface area contributed by atoms with E-state index in [9.17, 15) is 13.6 Å². The molecule has 3 heteroatoms. The molecule has 532 valence electrons. The van der Waals surface area contributed by atoms with E-state index in [2.05, 4.69) is 256 Å². The lowest BCUT2D eigenvalue weighted by molar-refractivity contribution is 0.0939. The smallest absolute Gasteiger partial charge is 0.165 e. The summed E-state index contributed by atoms with van der Waals surface area (Å²) in [6.45, 7) is 55.4. The third kappa shape index (κ3) is 44.4. The largest absolute Gasteiger partial charge is 0.294 e. The minimum Gasteiger partial charge on any atom is -0.294 e. The Kier molecular flexibility index (Phi) is 45.7. The van der Waals surface area contributed by atoms with Crippen LogP contribution in [-0.2, 0) is 64.2 Å². The molecule has 0 saturated carbocycles. The molecule has 0 aliphatic rings. The van der Waals surface area contributed by atoms with Gasteiger partial charge in [-0.25, -0.2) is 8.78 Å². The quantitative estimate of drug-likeness (QED) is 0.0397. The van der Waals surface area contributed by atoms with Gasteiger partial charge in [0.1, 0.15) is 11.6 Å². The van der Waals surface area contributed by atoms with Gasteiger partial charge in [0.25, 0.3) is 0 Å². The maximum Gasteiger partial charge on any atom is 0.165 e. The van der Waals surface area contributed by atoms with Crippen molar-refractivity contribution < 1.29 is 13.6 Å². The number of carbonyl (C=O) groups is 1. The molecular weight excluding hydrogens is 1160 g/mol. The molecule has 6 aromatic carbocycles. The van der Waals surface area contributed by atoms with Gasteiger partial charge in [-0.3, -0.25) is 4.79 Å². The van der Waals surface area contributed by atoms with Crippen LogP contribution in [0.3, 0.4) is 0 Å². The topological polar surface area (TPSA) is 17.1 Å². The molecule has 1 nitrogen and oxygen atoms in total. The first-order valence-electron chi connectivity index (χ1n) is 38.0. The summed E-state index contributed by atoms with van der Waals surface area (Å²) in [6, 6.07) is 47.0. The van der Waals surface area contributed by atoms with Crippen molar-refractivity contribution in [2.75, 3.05) is 0 Å². The van der Waals surface area contributed by atoms with Gasteiger partial charge in [0.05, 0.1) is 0 Å². The number of rotatable bonds is 31. The van der Waals surface area contributed by atoms with E-state index in [0.29, 0.717) is 29.6 Å². The lowest BCUT2D eigenvalue weighted by Gasteiger charge is -2.15. The van der Waals surface area contributed by atoms with E-state index in [4.69, 9.17) is 0 Å². The van der Waals surface area contributed by atoms with Crippen molar-refractivity contribution in [2.24, 2.45) is 71.0 Å². The van der Waals surface area contributed by atoms with Crippen LogP contribution in [0.5, 0.6) is 0 Å². The fraction of sp³-hybridized carbons (Fsp3) is 0.598. The first-order valence-corrected chi connectivity index (χ1v) is 38.0. The van der Waals surface area contributed by atoms with Gasteiger partial charge in [-0.1, -0.05) is 301 Å². The van der Waals surface area contributed by atoms with Crippen molar-refractivity contribution in [3.63, 3.8) is 0 Å². The molecule has 0 aliphatic carbocycles. The molecule has 1 atom stereocenters. The average Bonchev–Trinajstić information content (AvgIpc) is 1.16. The molecule has 0 spiro atoms. The molecule has 0 aliphatic heterocycles. The predicted molar refractivity (Wildman–Crippen MR) is 419 cm³/mol. The minimum atomic E-state index is -0.0324. The maximum atomic E-state index is 13.8. The second kappa shape index (κ2) is 49.4. The highest BCUT2D eigenvalue weighted by Gasteiger charge is 2.13. The molecule has 0 fully saturated rings. The molecule has 0 amide bonds. The van der Waals surface area contributed by atoms with Gasteiger partial charge in [-0.2, -0.15) is 0 Å². The Bertz CT molecular complexity index is 2870. The van der Waals surface area contributed by atoms with E-state index in [1.54, 1.807) is 12.1 Å². The predicted octanol–water partition coefficient (Wildman–Crippen LogP) is 27.7. The van der Waals surface area contributed by atoms with Gasteiger partial charge in [-0.15, -0.1) is 0 Å². The Labute approximate surface area is 587 Å². The zero-order valence-electron chi connectivity index (χ0n) is 65.9. The van der Waals surface area contributed by atoms with E-state index in [0.717, 1.165) is 114 Å². The lowest BCUT2D eigenvalue weighted by Crippen LogP contribution is -2.07. The van der Waals surface area contributed by atoms with Crippen molar-refractivity contribution in [1.29, 1.82) is 0 Å². The van der Waals surface area contributed by atoms with Gasteiger partial charge < -0.3 is 0 Å². The Morgan fingerprint density at radius 1 is 0.295 bits per heavy atom. The Hall–Kier alpha value is -5.15. The average molecular weight is 1300 g/mol. The molecule has 95 heavy (non-hydrogen) atoms. The minimum absolute atomic E-state index is 0.0289. The van der Waals surface area contributed by atoms with E-state index < -0.39 is 0 Å². The van der Waals surface area contributed by atoms with Crippen LogP contribution in [0.15, 0.2) is 133 Å². The fourth-order valence-corrected chi connectivity index (χ4v) is 11.4. The van der Waals surface area contributed by atoms with Crippen LogP contribution < -0.4 is 0 Å². The molecule has 0 radical (unpaired) electrons. The van der Waals surface area contributed by atoms with Gasteiger partial charge in [-0.05, 0) is 247 Å².